The first-order valence-corrected chi connectivity index (χ1v) is 8.23. The van der Waals surface area contributed by atoms with Crippen molar-refractivity contribution in [3.05, 3.63) is 0 Å². The van der Waals surface area contributed by atoms with E-state index in [2.05, 4.69) is 24.5 Å². The summed E-state index contributed by atoms with van der Waals surface area (Å²) in [5.41, 5.74) is -0.774. The fourth-order valence-electron chi connectivity index (χ4n) is 2.83. The molecule has 1 aliphatic carbocycles. The summed E-state index contributed by atoms with van der Waals surface area (Å²) < 4.78 is 5.33. The van der Waals surface area contributed by atoms with E-state index in [0.29, 0.717) is 12.0 Å². The highest BCUT2D eigenvalue weighted by Crippen LogP contribution is 2.28. The Hall–Kier alpha value is -0.770. The van der Waals surface area contributed by atoms with Crippen molar-refractivity contribution < 1.29 is 9.53 Å². The van der Waals surface area contributed by atoms with Crippen LogP contribution in [-0.2, 0) is 4.74 Å². The summed E-state index contributed by atoms with van der Waals surface area (Å²) in [6, 6.07) is 0.550. The van der Waals surface area contributed by atoms with Crippen LogP contribution in [0.15, 0.2) is 0 Å². The van der Waals surface area contributed by atoms with Gasteiger partial charge in [-0.15, -0.1) is 0 Å². The van der Waals surface area contributed by atoms with Crippen LogP contribution in [0.3, 0.4) is 0 Å². The average Bonchev–Trinajstić information content (AvgIpc) is 2.27. The number of alkyl carbamates (subject to hydrolysis) is 1. The molecule has 0 bridgehead atoms. The molecule has 0 aliphatic heterocycles. The van der Waals surface area contributed by atoms with Crippen molar-refractivity contribution in [1.29, 1.82) is 0 Å². The van der Waals surface area contributed by atoms with E-state index in [9.17, 15) is 4.79 Å². The van der Waals surface area contributed by atoms with Crippen LogP contribution in [0.25, 0.3) is 0 Å². The van der Waals surface area contributed by atoms with Gasteiger partial charge in [-0.25, -0.2) is 4.79 Å². The summed E-state index contributed by atoms with van der Waals surface area (Å²) in [5.74, 6) is 1.50. The lowest BCUT2D eigenvalue weighted by atomic mass is 9.80. The molecule has 0 spiro atoms. The lowest BCUT2D eigenvalue weighted by Gasteiger charge is -2.36. The maximum absolute atomic E-state index is 11.9. The number of rotatable bonds is 4. The second kappa shape index (κ2) is 6.99. The highest BCUT2D eigenvalue weighted by atomic mass is 16.6. The van der Waals surface area contributed by atoms with Crippen molar-refractivity contribution in [3.8, 4) is 0 Å². The van der Waals surface area contributed by atoms with Crippen molar-refractivity contribution in [1.82, 2.24) is 10.6 Å². The van der Waals surface area contributed by atoms with Gasteiger partial charge in [0.05, 0.1) is 5.54 Å². The highest BCUT2D eigenvalue weighted by molar-refractivity contribution is 5.68. The monoisotopic (exact) mass is 298 g/mol. The zero-order valence-electron chi connectivity index (χ0n) is 14.9. The van der Waals surface area contributed by atoms with Gasteiger partial charge in [0.25, 0.3) is 0 Å². The van der Waals surface area contributed by atoms with Crippen LogP contribution in [0.4, 0.5) is 4.79 Å². The molecule has 1 rings (SSSR count). The van der Waals surface area contributed by atoms with E-state index < -0.39 is 5.60 Å². The van der Waals surface area contributed by atoms with E-state index in [1.165, 1.54) is 19.3 Å². The van der Waals surface area contributed by atoms with Crippen molar-refractivity contribution >= 4 is 6.09 Å². The minimum atomic E-state index is -0.457. The number of nitrogens with one attached hydrogen (secondary N) is 2. The molecular formula is C17H34N2O2. The smallest absolute Gasteiger partial charge is 0.408 e. The standard InChI is InChI=1S/C17H34N2O2/c1-12-8-9-13(2)14(10-12)18-11-17(6,7)19-15(20)21-16(3,4)5/h12-14,18H,8-11H2,1-7H3,(H,19,20). The van der Waals surface area contributed by atoms with Crippen molar-refractivity contribution in [3.63, 3.8) is 0 Å². The Morgan fingerprint density at radius 3 is 2.33 bits per heavy atom. The Morgan fingerprint density at radius 2 is 1.76 bits per heavy atom. The summed E-state index contributed by atoms with van der Waals surface area (Å²) in [5, 5.41) is 6.59. The van der Waals surface area contributed by atoms with Gasteiger partial charge in [0.15, 0.2) is 0 Å². The molecule has 1 aliphatic rings. The first kappa shape index (κ1) is 18.3. The van der Waals surface area contributed by atoms with Crippen LogP contribution in [0.2, 0.25) is 0 Å². The van der Waals surface area contributed by atoms with Gasteiger partial charge in [0, 0.05) is 12.6 Å². The fourth-order valence-corrected chi connectivity index (χ4v) is 2.83. The van der Waals surface area contributed by atoms with Gasteiger partial charge >= 0.3 is 6.09 Å². The maximum atomic E-state index is 11.9. The Balaban J connectivity index is 2.43. The molecule has 3 unspecified atom stereocenters. The number of hydrogen-bond acceptors (Lipinski definition) is 3. The predicted octanol–water partition coefficient (Wildman–Crippen LogP) is 3.70. The predicted molar refractivity (Wildman–Crippen MR) is 87.4 cm³/mol. The average molecular weight is 298 g/mol. The second-order valence-electron chi connectivity index (χ2n) is 8.39. The van der Waals surface area contributed by atoms with Gasteiger partial charge in [0.1, 0.15) is 5.60 Å². The van der Waals surface area contributed by atoms with Gasteiger partial charge in [-0.1, -0.05) is 20.3 Å². The lowest BCUT2D eigenvalue weighted by molar-refractivity contribution is 0.0468. The second-order valence-corrected chi connectivity index (χ2v) is 8.39. The van der Waals surface area contributed by atoms with E-state index in [4.69, 9.17) is 4.74 Å². The van der Waals surface area contributed by atoms with Gasteiger partial charge in [-0.05, 0) is 59.3 Å². The van der Waals surface area contributed by atoms with Crippen molar-refractivity contribution in [2.45, 2.75) is 84.9 Å². The third-order valence-electron chi connectivity index (χ3n) is 4.10. The van der Waals surface area contributed by atoms with Crippen molar-refractivity contribution in [2.24, 2.45) is 11.8 Å². The molecule has 0 aromatic carbocycles. The molecular weight excluding hydrogens is 264 g/mol. The molecule has 0 saturated heterocycles. The zero-order chi connectivity index (χ0) is 16.3. The summed E-state index contributed by atoms with van der Waals surface area (Å²) in [6.45, 7) is 15.1. The fraction of sp³-hybridized carbons (Fsp3) is 0.941. The quantitative estimate of drug-likeness (QED) is 0.832. The first-order valence-electron chi connectivity index (χ1n) is 8.23. The van der Waals surface area contributed by atoms with E-state index in [-0.39, 0.29) is 11.6 Å². The Labute approximate surface area is 130 Å². The number of hydrogen-bond donors (Lipinski definition) is 2. The Bertz CT molecular complexity index is 347. The van der Waals surface area contributed by atoms with Gasteiger partial charge in [-0.2, -0.15) is 0 Å². The number of carbonyl (C=O) groups excluding carboxylic acids is 1. The highest BCUT2D eigenvalue weighted by Gasteiger charge is 2.29. The van der Waals surface area contributed by atoms with Gasteiger partial charge in [0.2, 0.25) is 0 Å². The van der Waals surface area contributed by atoms with E-state index >= 15 is 0 Å². The Kier molecular flexibility index (Phi) is 6.09. The molecule has 0 radical (unpaired) electrons. The number of carbonyl (C=O) groups is 1. The van der Waals surface area contributed by atoms with Crippen LogP contribution in [0.1, 0.15) is 67.7 Å². The summed E-state index contributed by atoms with van der Waals surface area (Å²) in [4.78, 5) is 11.9. The molecule has 1 fully saturated rings. The SMILES string of the molecule is CC1CCC(C)C(NCC(C)(C)NC(=O)OC(C)(C)C)C1. The van der Waals surface area contributed by atoms with Gasteiger partial charge < -0.3 is 15.4 Å². The van der Waals surface area contributed by atoms with E-state index in [1.807, 2.05) is 34.6 Å². The lowest BCUT2D eigenvalue weighted by Crippen LogP contribution is -2.54. The summed E-state index contributed by atoms with van der Waals surface area (Å²) in [7, 11) is 0. The van der Waals surface area contributed by atoms with Crippen LogP contribution in [-0.4, -0.2) is 29.8 Å². The van der Waals surface area contributed by atoms with Crippen LogP contribution >= 0.6 is 0 Å². The van der Waals surface area contributed by atoms with Crippen LogP contribution in [0, 0.1) is 11.8 Å². The van der Waals surface area contributed by atoms with E-state index in [1.54, 1.807) is 0 Å². The maximum Gasteiger partial charge on any atom is 0.408 e. The van der Waals surface area contributed by atoms with Crippen LogP contribution < -0.4 is 10.6 Å². The summed E-state index contributed by atoms with van der Waals surface area (Å²) >= 11 is 0. The third kappa shape index (κ3) is 7.16. The molecule has 4 heteroatoms. The van der Waals surface area contributed by atoms with E-state index in [0.717, 1.165) is 12.5 Å². The normalized spacial score (nSPS) is 27.3. The molecule has 4 nitrogen and oxygen atoms in total. The molecule has 0 aromatic rings. The Morgan fingerprint density at radius 1 is 1.14 bits per heavy atom. The molecule has 1 saturated carbocycles. The topological polar surface area (TPSA) is 50.4 Å². The number of amides is 1. The minimum Gasteiger partial charge on any atom is -0.444 e. The largest absolute Gasteiger partial charge is 0.444 e. The molecule has 2 N–H and O–H groups in total. The molecule has 3 atom stereocenters. The van der Waals surface area contributed by atoms with Gasteiger partial charge in [-0.3, -0.25) is 0 Å². The third-order valence-corrected chi connectivity index (χ3v) is 4.10. The molecule has 21 heavy (non-hydrogen) atoms. The molecule has 1 amide bonds. The zero-order valence-corrected chi connectivity index (χ0v) is 14.9. The molecule has 0 aromatic heterocycles. The minimum absolute atomic E-state index is 0.317. The van der Waals surface area contributed by atoms with Crippen LogP contribution in [0.5, 0.6) is 0 Å². The summed E-state index contributed by atoms with van der Waals surface area (Å²) in [6.07, 6.45) is 3.50. The molecule has 0 heterocycles. The molecule has 124 valence electrons. The van der Waals surface area contributed by atoms with Crippen molar-refractivity contribution in [2.75, 3.05) is 6.54 Å². The number of ether oxygens (including phenoxy) is 1. The first-order chi connectivity index (χ1) is 9.48.